The molecule has 162 valence electrons. The number of alkyl halides is 2. The minimum absolute atomic E-state index is 0.0933. The lowest BCUT2D eigenvalue weighted by atomic mass is 10.1. The predicted octanol–water partition coefficient (Wildman–Crippen LogP) is 1.29. The first-order valence-corrected chi connectivity index (χ1v) is 11.1. The molecule has 1 aliphatic rings. The number of halogens is 2. The number of pyridine rings is 1. The molecule has 1 saturated heterocycles. The number of rotatable bonds is 8. The molecule has 1 fully saturated rings. The van der Waals surface area contributed by atoms with Crippen molar-refractivity contribution >= 4 is 33.3 Å². The topological polar surface area (TPSA) is 127 Å². The van der Waals surface area contributed by atoms with Gasteiger partial charge in [-0.25, -0.2) is 9.78 Å². The van der Waals surface area contributed by atoms with Crippen LogP contribution >= 0.6 is 21.6 Å². The Balaban J connectivity index is 1.55. The standard InChI is InChI=1S/C17H18F2N4O5S2/c18-17(19)14(26)10(9-24)28-15(17)23-7-4-11(22-16(23)27)21-12(25)5-8-29-30-13-3-1-2-6-20-13/h1-4,6-7,10,14-15,24,26H,5,8-9H2,(H,21,22,25,27)/t10-,14?,15-/m1/s1. The van der Waals surface area contributed by atoms with Gasteiger partial charge in [-0.3, -0.25) is 9.36 Å². The van der Waals surface area contributed by atoms with E-state index in [1.807, 2.05) is 12.1 Å². The Morgan fingerprint density at radius 1 is 1.37 bits per heavy atom. The summed E-state index contributed by atoms with van der Waals surface area (Å²) in [4.78, 5) is 31.9. The van der Waals surface area contributed by atoms with Crippen molar-refractivity contribution in [2.45, 2.75) is 35.8 Å². The normalized spacial score (nSPS) is 22.7. The van der Waals surface area contributed by atoms with Crippen LogP contribution in [0, 0.1) is 0 Å². The lowest BCUT2D eigenvalue weighted by Crippen LogP contribution is -2.41. The van der Waals surface area contributed by atoms with Crippen LogP contribution in [0.5, 0.6) is 0 Å². The zero-order valence-corrected chi connectivity index (χ0v) is 17.0. The molecule has 13 heteroatoms. The van der Waals surface area contributed by atoms with E-state index in [2.05, 4.69) is 15.3 Å². The number of aliphatic hydroxyl groups excluding tert-OH is 2. The van der Waals surface area contributed by atoms with Crippen molar-refractivity contribution in [3.63, 3.8) is 0 Å². The smallest absolute Gasteiger partial charge is 0.351 e. The predicted molar refractivity (Wildman–Crippen MR) is 106 cm³/mol. The van der Waals surface area contributed by atoms with Gasteiger partial charge in [0.25, 0.3) is 0 Å². The van der Waals surface area contributed by atoms with Gasteiger partial charge in [0.05, 0.1) is 6.61 Å². The number of nitrogens with zero attached hydrogens (tertiary/aromatic N) is 3. The third kappa shape index (κ3) is 5.16. The Hall–Kier alpha value is -2.06. The molecule has 1 unspecified atom stereocenters. The Morgan fingerprint density at radius 2 is 2.17 bits per heavy atom. The molecule has 3 rings (SSSR count). The fraction of sp³-hybridized carbons (Fsp3) is 0.412. The molecule has 0 aliphatic carbocycles. The van der Waals surface area contributed by atoms with Gasteiger partial charge in [-0.1, -0.05) is 16.9 Å². The first kappa shape index (κ1) is 22.6. The third-order valence-electron chi connectivity index (χ3n) is 4.10. The van der Waals surface area contributed by atoms with Crippen molar-refractivity contribution < 1.29 is 28.5 Å². The highest BCUT2D eigenvalue weighted by Crippen LogP contribution is 2.42. The maximum absolute atomic E-state index is 14.2. The average Bonchev–Trinajstić information content (AvgIpc) is 2.95. The van der Waals surface area contributed by atoms with Crippen molar-refractivity contribution in [2.75, 3.05) is 17.7 Å². The van der Waals surface area contributed by atoms with E-state index < -0.39 is 42.6 Å². The molecule has 2 aromatic rings. The number of hydrogen-bond donors (Lipinski definition) is 3. The van der Waals surface area contributed by atoms with Gasteiger partial charge in [-0.15, -0.1) is 0 Å². The Bertz CT molecular complexity index is 934. The second-order valence-corrected chi connectivity index (χ2v) is 8.64. The summed E-state index contributed by atoms with van der Waals surface area (Å²) in [7, 11) is 2.86. The highest BCUT2D eigenvalue weighted by molar-refractivity contribution is 8.76. The SMILES string of the molecule is O=C(CCSSc1ccccn1)Nc1ccn([C@@H]2O[C@H](CO)C(O)C2(F)F)c(=O)n1. The average molecular weight is 460 g/mol. The van der Waals surface area contributed by atoms with Gasteiger partial charge >= 0.3 is 11.6 Å². The van der Waals surface area contributed by atoms with E-state index in [0.29, 0.717) is 10.3 Å². The summed E-state index contributed by atoms with van der Waals surface area (Å²) in [5.74, 6) is -3.81. The molecule has 0 aromatic carbocycles. The molecule has 9 nitrogen and oxygen atoms in total. The van der Waals surface area contributed by atoms with Crippen LogP contribution in [0.25, 0.3) is 0 Å². The van der Waals surface area contributed by atoms with Gasteiger partial charge in [-0.2, -0.15) is 13.8 Å². The van der Waals surface area contributed by atoms with Crippen molar-refractivity contribution in [2.24, 2.45) is 0 Å². The summed E-state index contributed by atoms with van der Waals surface area (Å²) in [5.41, 5.74) is -1.09. The number of amides is 1. The van der Waals surface area contributed by atoms with E-state index in [1.54, 1.807) is 12.3 Å². The van der Waals surface area contributed by atoms with Crippen LogP contribution in [-0.4, -0.2) is 61.1 Å². The first-order chi connectivity index (χ1) is 14.3. The van der Waals surface area contributed by atoms with Crippen LogP contribution in [0.15, 0.2) is 46.5 Å². The Morgan fingerprint density at radius 3 is 2.80 bits per heavy atom. The van der Waals surface area contributed by atoms with Crippen molar-refractivity contribution in [1.82, 2.24) is 14.5 Å². The van der Waals surface area contributed by atoms with Crippen LogP contribution in [0.2, 0.25) is 0 Å². The number of carbonyl (C=O) groups excluding carboxylic acids is 1. The maximum Gasteiger partial charge on any atom is 0.351 e. The molecule has 30 heavy (non-hydrogen) atoms. The Labute approximate surface area is 177 Å². The lowest BCUT2D eigenvalue weighted by molar-refractivity contribution is -0.141. The van der Waals surface area contributed by atoms with Crippen molar-refractivity contribution in [3.05, 3.63) is 47.1 Å². The summed E-state index contributed by atoms with van der Waals surface area (Å²) >= 11 is 0. The maximum atomic E-state index is 14.2. The van der Waals surface area contributed by atoms with Gasteiger partial charge in [0.2, 0.25) is 12.1 Å². The summed E-state index contributed by atoms with van der Waals surface area (Å²) in [6.07, 6.45) is -3.11. The van der Waals surface area contributed by atoms with E-state index >= 15 is 0 Å². The zero-order valence-electron chi connectivity index (χ0n) is 15.4. The quantitative estimate of drug-likeness (QED) is 0.395. The first-order valence-electron chi connectivity index (χ1n) is 8.74. The van der Waals surface area contributed by atoms with Crippen LogP contribution in [-0.2, 0) is 9.53 Å². The largest absolute Gasteiger partial charge is 0.394 e. The summed E-state index contributed by atoms with van der Waals surface area (Å²) in [6, 6.07) is 6.67. The molecule has 2 aromatic heterocycles. The van der Waals surface area contributed by atoms with Gasteiger partial charge in [0.1, 0.15) is 16.9 Å². The van der Waals surface area contributed by atoms with E-state index in [1.165, 1.54) is 27.7 Å². The molecule has 3 atom stereocenters. The number of aliphatic hydroxyl groups is 2. The number of aromatic nitrogens is 3. The fourth-order valence-electron chi connectivity index (χ4n) is 2.62. The van der Waals surface area contributed by atoms with Gasteiger partial charge in [0.15, 0.2) is 6.10 Å². The highest BCUT2D eigenvalue weighted by atomic mass is 33.1. The summed E-state index contributed by atoms with van der Waals surface area (Å²) in [6.45, 7) is -0.833. The molecule has 0 spiro atoms. The number of carbonyl (C=O) groups is 1. The van der Waals surface area contributed by atoms with Crippen LogP contribution in [0.3, 0.4) is 0 Å². The second kappa shape index (κ2) is 9.83. The van der Waals surface area contributed by atoms with E-state index in [9.17, 15) is 23.5 Å². The molecular formula is C17H18F2N4O5S2. The zero-order chi connectivity index (χ0) is 21.7. The summed E-state index contributed by atoms with van der Waals surface area (Å²) < 4.78 is 33.7. The van der Waals surface area contributed by atoms with E-state index in [-0.39, 0.29) is 12.2 Å². The second-order valence-electron chi connectivity index (χ2n) is 6.20. The van der Waals surface area contributed by atoms with Crippen molar-refractivity contribution in [3.8, 4) is 0 Å². The van der Waals surface area contributed by atoms with E-state index in [0.717, 1.165) is 11.2 Å². The molecular weight excluding hydrogens is 442 g/mol. The molecule has 3 N–H and O–H groups in total. The van der Waals surface area contributed by atoms with Gasteiger partial charge in [-0.05, 0) is 29.0 Å². The molecule has 1 amide bonds. The number of ether oxygens (including phenoxy) is 1. The highest BCUT2D eigenvalue weighted by Gasteiger charge is 2.59. The van der Waals surface area contributed by atoms with Crippen molar-refractivity contribution in [1.29, 1.82) is 0 Å². The fourth-order valence-corrected chi connectivity index (χ4v) is 4.49. The minimum atomic E-state index is -3.80. The lowest BCUT2D eigenvalue weighted by Gasteiger charge is -2.21. The van der Waals surface area contributed by atoms with Crippen LogP contribution in [0.4, 0.5) is 14.6 Å². The number of hydrogen-bond acceptors (Lipinski definition) is 9. The van der Waals surface area contributed by atoms with Crippen LogP contribution in [0.1, 0.15) is 12.6 Å². The number of anilines is 1. The van der Waals surface area contributed by atoms with Gasteiger partial charge < -0.3 is 20.3 Å². The molecule has 3 heterocycles. The summed E-state index contributed by atoms with van der Waals surface area (Å²) in [5, 5.41) is 21.8. The molecule has 0 saturated carbocycles. The molecule has 0 bridgehead atoms. The Kier molecular flexibility index (Phi) is 7.41. The van der Waals surface area contributed by atoms with E-state index in [4.69, 9.17) is 9.84 Å². The minimum Gasteiger partial charge on any atom is -0.394 e. The van der Waals surface area contributed by atoms with Gasteiger partial charge in [0, 0.05) is 24.6 Å². The number of nitrogens with one attached hydrogen (secondary N) is 1. The molecule has 0 radical (unpaired) electrons. The monoisotopic (exact) mass is 460 g/mol. The third-order valence-corrected chi connectivity index (χ3v) is 6.37. The molecule has 1 aliphatic heterocycles. The van der Waals surface area contributed by atoms with Crippen LogP contribution < -0.4 is 11.0 Å².